The highest BCUT2D eigenvalue weighted by atomic mass is 32.2. The molecular formula is C16H20N2O4S2. The summed E-state index contributed by atoms with van der Waals surface area (Å²) in [6, 6.07) is 0. The predicted octanol–water partition coefficient (Wildman–Crippen LogP) is 2.88. The van der Waals surface area contributed by atoms with Crippen LogP contribution in [-0.4, -0.2) is 33.9 Å². The lowest BCUT2D eigenvalue weighted by molar-refractivity contribution is -0.139. The largest absolute Gasteiger partial charge is 0.465 e. The molecule has 1 atom stereocenters. The number of carbonyl (C=O) groups is 1. The quantitative estimate of drug-likeness (QED) is 0.646. The number of H-pyrrole nitrogens is 1. The Morgan fingerprint density at radius 1 is 1.50 bits per heavy atom. The molecule has 2 aromatic heterocycles. The van der Waals surface area contributed by atoms with Gasteiger partial charge in [-0.05, 0) is 20.3 Å². The van der Waals surface area contributed by atoms with Crippen LogP contribution >= 0.6 is 23.1 Å². The number of nitrogens with one attached hydrogen (secondary N) is 1. The standard InChI is InChI=1S/C16H20N2O4S2/c1-4-16(3)6-9-10(7-22-16)24-14-12(13(9)20)17-15(18-14)23-8-11(19)21-5-2/h4-8H2,1-3H3,(H,17,18). The van der Waals surface area contributed by atoms with Crippen molar-refractivity contribution in [3.63, 3.8) is 0 Å². The molecule has 0 aromatic carbocycles. The highest BCUT2D eigenvalue weighted by Crippen LogP contribution is 2.33. The summed E-state index contributed by atoms with van der Waals surface area (Å²) in [5.41, 5.74) is 1.06. The number of nitrogens with zero attached hydrogens (tertiary/aromatic N) is 1. The van der Waals surface area contributed by atoms with Crippen LogP contribution in [0.3, 0.4) is 0 Å². The van der Waals surface area contributed by atoms with Gasteiger partial charge in [-0.25, -0.2) is 4.98 Å². The third kappa shape index (κ3) is 3.36. The summed E-state index contributed by atoms with van der Waals surface area (Å²) >= 11 is 2.73. The molecule has 2 aromatic rings. The highest BCUT2D eigenvalue weighted by Gasteiger charge is 2.32. The van der Waals surface area contributed by atoms with Gasteiger partial charge in [-0.3, -0.25) is 9.59 Å². The van der Waals surface area contributed by atoms with Crippen LogP contribution in [0.1, 0.15) is 37.6 Å². The Kier molecular flexibility index (Phi) is 4.98. The zero-order chi connectivity index (χ0) is 17.3. The minimum absolute atomic E-state index is 0.00258. The summed E-state index contributed by atoms with van der Waals surface area (Å²) in [7, 11) is 0. The molecule has 130 valence electrons. The van der Waals surface area contributed by atoms with Crippen molar-refractivity contribution in [2.75, 3.05) is 12.4 Å². The zero-order valence-corrected chi connectivity index (χ0v) is 15.6. The van der Waals surface area contributed by atoms with E-state index in [1.54, 1.807) is 6.92 Å². The summed E-state index contributed by atoms with van der Waals surface area (Å²) in [6.45, 7) is 6.68. The minimum atomic E-state index is -0.291. The Labute approximate surface area is 148 Å². The van der Waals surface area contributed by atoms with Crippen LogP contribution in [0, 0.1) is 0 Å². The second kappa shape index (κ2) is 6.85. The van der Waals surface area contributed by atoms with Gasteiger partial charge in [0.1, 0.15) is 10.3 Å². The molecule has 8 heteroatoms. The Bertz CT molecular complexity index is 829. The molecule has 1 aliphatic rings. The summed E-state index contributed by atoms with van der Waals surface area (Å²) in [5, 5.41) is 0.563. The molecule has 0 saturated heterocycles. The van der Waals surface area contributed by atoms with E-state index in [0.29, 0.717) is 35.1 Å². The van der Waals surface area contributed by atoms with Gasteiger partial charge in [0.2, 0.25) is 5.43 Å². The maximum Gasteiger partial charge on any atom is 0.316 e. The van der Waals surface area contributed by atoms with E-state index in [0.717, 1.165) is 16.9 Å². The second-order valence-corrected chi connectivity index (χ2v) is 7.97. The number of hydrogen-bond donors (Lipinski definition) is 1. The molecule has 0 radical (unpaired) electrons. The molecule has 0 spiro atoms. The molecule has 1 unspecified atom stereocenters. The molecular weight excluding hydrogens is 348 g/mol. The van der Waals surface area contributed by atoms with Crippen LogP contribution < -0.4 is 5.43 Å². The number of hydrogen-bond acceptors (Lipinski definition) is 7. The number of carbonyl (C=O) groups excluding carboxylic acids is 1. The fourth-order valence-corrected chi connectivity index (χ4v) is 4.35. The fourth-order valence-electron chi connectivity index (χ4n) is 2.61. The third-order valence-electron chi connectivity index (χ3n) is 4.19. The molecule has 3 rings (SSSR count). The fraction of sp³-hybridized carbons (Fsp3) is 0.562. The Morgan fingerprint density at radius 3 is 3.00 bits per heavy atom. The topological polar surface area (TPSA) is 81.3 Å². The summed E-state index contributed by atoms with van der Waals surface area (Å²) < 4.78 is 10.8. The first-order valence-corrected chi connectivity index (χ1v) is 9.73. The molecule has 0 aliphatic carbocycles. The van der Waals surface area contributed by atoms with Gasteiger partial charge in [0.05, 0.1) is 24.6 Å². The summed E-state index contributed by atoms with van der Waals surface area (Å²) in [5.74, 6) is -0.121. The normalized spacial score (nSPS) is 20.1. The predicted molar refractivity (Wildman–Crippen MR) is 94.8 cm³/mol. The van der Waals surface area contributed by atoms with Gasteiger partial charge in [-0.15, -0.1) is 11.3 Å². The van der Waals surface area contributed by atoms with Crippen LogP contribution in [0.15, 0.2) is 9.95 Å². The average molecular weight is 368 g/mol. The molecule has 6 nitrogen and oxygen atoms in total. The number of fused-ring (bicyclic) bond motifs is 2. The maximum atomic E-state index is 12.8. The first-order chi connectivity index (χ1) is 11.5. The number of ether oxygens (including phenoxy) is 2. The lowest BCUT2D eigenvalue weighted by Crippen LogP contribution is -2.37. The number of imidazole rings is 1. The SMILES string of the molecule is CCOC(=O)CSc1nc2sc3c(c(=O)c2[nH]1)CC(C)(CC)OC3. The van der Waals surface area contributed by atoms with Crippen molar-refractivity contribution in [3.8, 4) is 0 Å². The Morgan fingerprint density at radius 2 is 2.29 bits per heavy atom. The number of aromatic amines is 1. The summed E-state index contributed by atoms with van der Waals surface area (Å²) in [6.07, 6.45) is 1.48. The number of rotatable bonds is 5. The van der Waals surface area contributed by atoms with Gasteiger partial charge in [0, 0.05) is 16.9 Å². The molecule has 1 aliphatic heterocycles. The lowest BCUT2D eigenvalue weighted by Gasteiger charge is -2.33. The molecule has 3 heterocycles. The van der Waals surface area contributed by atoms with E-state index in [9.17, 15) is 9.59 Å². The van der Waals surface area contributed by atoms with E-state index in [-0.39, 0.29) is 22.8 Å². The number of thioether (sulfide) groups is 1. The highest BCUT2D eigenvalue weighted by molar-refractivity contribution is 7.99. The van der Waals surface area contributed by atoms with E-state index >= 15 is 0 Å². The first kappa shape index (κ1) is 17.4. The van der Waals surface area contributed by atoms with Gasteiger partial charge < -0.3 is 14.5 Å². The van der Waals surface area contributed by atoms with Crippen LogP contribution in [-0.2, 0) is 27.3 Å². The average Bonchev–Trinajstić information content (AvgIpc) is 2.98. The van der Waals surface area contributed by atoms with E-state index in [1.807, 2.05) is 6.92 Å². The van der Waals surface area contributed by atoms with E-state index in [2.05, 4.69) is 16.9 Å². The second-order valence-electron chi connectivity index (χ2n) is 5.92. The smallest absolute Gasteiger partial charge is 0.316 e. The van der Waals surface area contributed by atoms with Crippen LogP contribution in [0.25, 0.3) is 10.3 Å². The number of esters is 1. The Hall–Kier alpha value is -1.38. The van der Waals surface area contributed by atoms with Crippen molar-refractivity contribution < 1.29 is 14.3 Å². The summed E-state index contributed by atoms with van der Waals surface area (Å²) in [4.78, 5) is 33.4. The van der Waals surface area contributed by atoms with Gasteiger partial charge >= 0.3 is 5.97 Å². The molecule has 0 fully saturated rings. The van der Waals surface area contributed by atoms with E-state index in [1.165, 1.54) is 23.1 Å². The minimum Gasteiger partial charge on any atom is -0.465 e. The van der Waals surface area contributed by atoms with Gasteiger partial charge in [-0.1, -0.05) is 18.7 Å². The van der Waals surface area contributed by atoms with Crippen molar-refractivity contribution in [1.82, 2.24) is 9.97 Å². The number of aromatic nitrogens is 2. The van der Waals surface area contributed by atoms with Gasteiger partial charge in [-0.2, -0.15) is 0 Å². The maximum absolute atomic E-state index is 12.8. The first-order valence-electron chi connectivity index (χ1n) is 7.92. The molecule has 0 amide bonds. The van der Waals surface area contributed by atoms with Gasteiger partial charge in [0.15, 0.2) is 5.16 Å². The lowest BCUT2D eigenvalue weighted by atomic mass is 9.91. The monoisotopic (exact) mass is 368 g/mol. The van der Waals surface area contributed by atoms with E-state index < -0.39 is 0 Å². The molecule has 0 saturated carbocycles. The van der Waals surface area contributed by atoms with Crippen molar-refractivity contribution in [2.45, 2.75) is 51.0 Å². The van der Waals surface area contributed by atoms with Crippen molar-refractivity contribution in [1.29, 1.82) is 0 Å². The molecule has 1 N–H and O–H groups in total. The molecule has 0 bridgehead atoms. The van der Waals surface area contributed by atoms with Crippen LogP contribution in [0.4, 0.5) is 0 Å². The van der Waals surface area contributed by atoms with Crippen LogP contribution in [0.5, 0.6) is 0 Å². The molecule has 24 heavy (non-hydrogen) atoms. The zero-order valence-electron chi connectivity index (χ0n) is 13.9. The van der Waals surface area contributed by atoms with Crippen molar-refractivity contribution >= 4 is 39.4 Å². The van der Waals surface area contributed by atoms with Crippen LogP contribution in [0.2, 0.25) is 0 Å². The van der Waals surface area contributed by atoms with E-state index in [4.69, 9.17) is 9.47 Å². The Balaban J connectivity index is 1.90. The van der Waals surface area contributed by atoms with Gasteiger partial charge in [0.25, 0.3) is 0 Å². The third-order valence-corrected chi connectivity index (χ3v) is 6.14. The van der Waals surface area contributed by atoms with Crippen molar-refractivity contribution in [3.05, 3.63) is 20.7 Å². The van der Waals surface area contributed by atoms with Crippen molar-refractivity contribution in [2.24, 2.45) is 0 Å².